The summed E-state index contributed by atoms with van der Waals surface area (Å²) >= 11 is 0. The van der Waals surface area contributed by atoms with Gasteiger partial charge in [-0.15, -0.1) is 0 Å². The molecular formula is C10H14N2O3. The van der Waals surface area contributed by atoms with Gasteiger partial charge in [0, 0.05) is 17.7 Å². The molecule has 2 unspecified atom stereocenters. The van der Waals surface area contributed by atoms with Crippen molar-refractivity contribution in [1.82, 2.24) is 4.98 Å². The first-order chi connectivity index (χ1) is 6.93. The molecular weight excluding hydrogens is 196 g/mol. The van der Waals surface area contributed by atoms with E-state index in [4.69, 9.17) is 0 Å². The highest BCUT2D eigenvalue weighted by molar-refractivity contribution is 5.34. The lowest BCUT2D eigenvalue weighted by Crippen LogP contribution is -2.14. The van der Waals surface area contributed by atoms with Gasteiger partial charge in [-0.3, -0.25) is 15.1 Å². The van der Waals surface area contributed by atoms with E-state index in [9.17, 15) is 15.2 Å². The minimum absolute atomic E-state index is 0.0194. The van der Waals surface area contributed by atoms with Gasteiger partial charge >= 0.3 is 0 Å². The van der Waals surface area contributed by atoms with Gasteiger partial charge < -0.3 is 5.11 Å². The highest BCUT2D eigenvalue weighted by atomic mass is 16.6. The number of pyridine rings is 1. The summed E-state index contributed by atoms with van der Waals surface area (Å²) in [5.41, 5.74) is 1.42. The summed E-state index contributed by atoms with van der Waals surface area (Å²) in [6.07, 6.45) is 0.707. The number of nitro groups is 1. The third kappa shape index (κ3) is 2.50. The van der Waals surface area contributed by atoms with Crippen LogP contribution in [0.2, 0.25) is 0 Å². The molecule has 1 rings (SSSR count). The van der Waals surface area contributed by atoms with E-state index in [-0.39, 0.29) is 11.6 Å². The van der Waals surface area contributed by atoms with Crippen LogP contribution in [0.4, 0.5) is 5.69 Å². The van der Waals surface area contributed by atoms with Crippen LogP contribution in [-0.2, 0) is 0 Å². The van der Waals surface area contributed by atoms with E-state index in [1.165, 1.54) is 12.3 Å². The van der Waals surface area contributed by atoms with Gasteiger partial charge in [0.05, 0.1) is 11.0 Å². The van der Waals surface area contributed by atoms with E-state index in [1.54, 1.807) is 13.8 Å². The number of aromatic nitrogens is 1. The largest absolute Gasteiger partial charge is 0.393 e. The van der Waals surface area contributed by atoms with Crippen molar-refractivity contribution in [3.63, 3.8) is 0 Å². The van der Waals surface area contributed by atoms with Crippen LogP contribution in [0.25, 0.3) is 0 Å². The third-order valence-electron chi connectivity index (χ3n) is 2.47. The van der Waals surface area contributed by atoms with Gasteiger partial charge in [0.2, 0.25) is 0 Å². The molecule has 0 amide bonds. The summed E-state index contributed by atoms with van der Waals surface area (Å²) in [6, 6.07) is 1.47. The van der Waals surface area contributed by atoms with Crippen molar-refractivity contribution >= 4 is 5.69 Å². The lowest BCUT2D eigenvalue weighted by atomic mass is 9.98. The molecule has 0 saturated carbocycles. The summed E-state index contributed by atoms with van der Waals surface area (Å²) in [4.78, 5) is 14.0. The molecule has 0 radical (unpaired) electrons. The summed E-state index contributed by atoms with van der Waals surface area (Å²) in [5.74, 6) is -0.120. The van der Waals surface area contributed by atoms with Gasteiger partial charge in [-0.05, 0) is 19.4 Å². The number of aryl methyl sites for hydroxylation is 1. The van der Waals surface area contributed by atoms with Gasteiger partial charge in [0.25, 0.3) is 5.69 Å². The quantitative estimate of drug-likeness (QED) is 0.609. The first kappa shape index (κ1) is 11.6. The molecule has 0 aromatic carbocycles. The normalized spacial score (nSPS) is 14.7. The predicted octanol–water partition coefficient (Wildman–Crippen LogP) is 1.78. The van der Waals surface area contributed by atoms with Gasteiger partial charge in [0.1, 0.15) is 6.20 Å². The summed E-state index contributed by atoms with van der Waals surface area (Å²) < 4.78 is 0. The maximum Gasteiger partial charge on any atom is 0.287 e. The second-order valence-corrected chi connectivity index (χ2v) is 3.68. The highest BCUT2D eigenvalue weighted by Crippen LogP contribution is 2.23. The topological polar surface area (TPSA) is 76.3 Å². The Morgan fingerprint density at radius 3 is 2.53 bits per heavy atom. The average Bonchev–Trinajstić information content (AvgIpc) is 2.16. The zero-order chi connectivity index (χ0) is 11.6. The molecule has 5 heteroatoms. The number of hydrogen-bond acceptors (Lipinski definition) is 4. The Hall–Kier alpha value is -1.49. The minimum Gasteiger partial charge on any atom is -0.393 e. The molecule has 1 aromatic heterocycles. The predicted molar refractivity (Wildman–Crippen MR) is 55.7 cm³/mol. The van der Waals surface area contributed by atoms with Crippen LogP contribution in [0.15, 0.2) is 12.3 Å². The second-order valence-electron chi connectivity index (χ2n) is 3.68. The van der Waals surface area contributed by atoms with Crippen molar-refractivity contribution in [3.8, 4) is 0 Å². The molecule has 0 aliphatic rings. The van der Waals surface area contributed by atoms with Crippen LogP contribution in [-0.4, -0.2) is 21.1 Å². The number of rotatable bonds is 3. The first-order valence-electron chi connectivity index (χ1n) is 4.72. The Kier molecular flexibility index (Phi) is 3.36. The zero-order valence-corrected chi connectivity index (χ0v) is 8.97. The zero-order valence-electron chi connectivity index (χ0n) is 8.97. The van der Waals surface area contributed by atoms with E-state index in [2.05, 4.69) is 4.98 Å². The van der Waals surface area contributed by atoms with E-state index in [0.717, 1.165) is 5.56 Å². The highest BCUT2D eigenvalue weighted by Gasteiger charge is 2.17. The molecule has 82 valence electrons. The molecule has 1 aromatic rings. The molecule has 0 aliphatic heterocycles. The molecule has 1 heterocycles. The van der Waals surface area contributed by atoms with E-state index in [1.807, 2.05) is 6.92 Å². The average molecular weight is 210 g/mol. The molecule has 1 N–H and O–H groups in total. The summed E-state index contributed by atoms with van der Waals surface area (Å²) in [6.45, 7) is 5.27. The van der Waals surface area contributed by atoms with Gasteiger partial charge in [-0.2, -0.15) is 0 Å². The van der Waals surface area contributed by atoms with Crippen molar-refractivity contribution < 1.29 is 10.0 Å². The molecule has 0 saturated heterocycles. The Balaban J connectivity index is 3.08. The molecule has 0 aliphatic carbocycles. The monoisotopic (exact) mass is 210 g/mol. The fourth-order valence-electron chi connectivity index (χ4n) is 1.38. The lowest BCUT2D eigenvalue weighted by molar-refractivity contribution is -0.385. The number of nitrogens with zero attached hydrogens (tertiary/aromatic N) is 2. The molecule has 0 bridgehead atoms. The first-order valence-corrected chi connectivity index (χ1v) is 4.72. The van der Waals surface area contributed by atoms with Crippen molar-refractivity contribution in [2.24, 2.45) is 0 Å². The fraction of sp³-hybridized carbons (Fsp3) is 0.500. The van der Waals surface area contributed by atoms with Crippen LogP contribution < -0.4 is 0 Å². The van der Waals surface area contributed by atoms with Crippen molar-refractivity contribution in [1.29, 1.82) is 0 Å². The van der Waals surface area contributed by atoms with E-state index < -0.39 is 11.0 Å². The van der Waals surface area contributed by atoms with Crippen LogP contribution in [0.3, 0.4) is 0 Å². The van der Waals surface area contributed by atoms with Crippen molar-refractivity contribution in [2.45, 2.75) is 32.8 Å². The summed E-state index contributed by atoms with van der Waals surface area (Å²) in [7, 11) is 0. The third-order valence-corrected chi connectivity index (χ3v) is 2.47. The maximum absolute atomic E-state index is 10.5. The van der Waals surface area contributed by atoms with Crippen LogP contribution >= 0.6 is 0 Å². The maximum atomic E-state index is 10.5. The Bertz CT molecular complexity index is 377. The molecule has 5 nitrogen and oxygen atoms in total. The number of aliphatic hydroxyl groups excluding tert-OH is 1. The van der Waals surface area contributed by atoms with Gasteiger partial charge in [0.15, 0.2) is 0 Å². The molecule has 0 spiro atoms. The van der Waals surface area contributed by atoms with Gasteiger partial charge in [-0.1, -0.05) is 6.92 Å². The smallest absolute Gasteiger partial charge is 0.287 e. The van der Waals surface area contributed by atoms with E-state index >= 15 is 0 Å². The van der Waals surface area contributed by atoms with Gasteiger partial charge in [-0.25, -0.2) is 0 Å². The standard InChI is InChI=1S/C10H14N2O3/c1-6-4-9(12(14)15)5-11-10(6)7(2)8(3)13/h4-5,7-8,13H,1-3H3. The number of aliphatic hydroxyl groups is 1. The van der Waals surface area contributed by atoms with Crippen LogP contribution in [0.1, 0.15) is 31.0 Å². The van der Waals surface area contributed by atoms with Crippen molar-refractivity contribution in [3.05, 3.63) is 33.6 Å². The van der Waals surface area contributed by atoms with Crippen LogP contribution in [0.5, 0.6) is 0 Å². The van der Waals surface area contributed by atoms with Crippen molar-refractivity contribution in [2.75, 3.05) is 0 Å². The Morgan fingerprint density at radius 2 is 2.13 bits per heavy atom. The number of hydrogen-bond donors (Lipinski definition) is 1. The summed E-state index contributed by atoms with van der Waals surface area (Å²) in [5, 5.41) is 19.9. The lowest BCUT2D eigenvalue weighted by Gasteiger charge is -2.15. The second kappa shape index (κ2) is 4.35. The minimum atomic E-state index is -0.516. The SMILES string of the molecule is Cc1cc([N+](=O)[O-])cnc1C(C)C(C)O. The molecule has 0 fully saturated rings. The van der Waals surface area contributed by atoms with Crippen LogP contribution in [0, 0.1) is 17.0 Å². The molecule has 15 heavy (non-hydrogen) atoms. The van der Waals surface area contributed by atoms with E-state index in [0.29, 0.717) is 5.69 Å². The molecule has 2 atom stereocenters. The Morgan fingerprint density at radius 1 is 1.53 bits per heavy atom. The Labute approximate surface area is 87.9 Å². The fourth-order valence-corrected chi connectivity index (χ4v) is 1.38.